The first-order valence-electron chi connectivity index (χ1n) is 11.2. The number of amides is 1. The van der Waals surface area contributed by atoms with Crippen LogP contribution in [0.25, 0.3) is 24.3 Å². The van der Waals surface area contributed by atoms with Gasteiger partial charge in [0.25, 0.3) is 0 Å². The Bertz CT molecular complexity index is 1550. The van der Waals surface area contributed by atoms with E-state index in [0.717, 1.165) is 16.3 Å². The normalized spacial score (nSPS) is 11.3. The minimum atomic E-state index is -0.602. The van der Waals surface area contributed by atoms with Gasteiger partial charge in [-0.2, -0.15) is 9.78 Å². The predicted molar refractivity (Wildman–Crippen MR) is 145 cm³/mol. The van der Waals surface area contributed by atoms with E-state index in [-0.39, 0.29) is 16.5 Å². The molecule has 1 heterocycles. The van der Waals surface area contributed by atoms with Crippen molar-refractivity contribution in [1.82, 2.24) is 9.78 Å². The number of aromatic nitrogens is 2. The molecule has 0 unspecified atom stereocenters. The van der Waals surface area contributed by atoms with Crippen LogP contribution in [0.1, 0.15) is 22.5 Å². The van der Waals surface area contributed by atoms with Crippen molar-refractivity contribution in [2.45, 2.75) is 0 Å². The number of ether oxygens (including phenoxy) is 2. The van der Waals surface area contributed by atoms with E-state index in [0.29, 0.717) is 34.1 Å². The summed E-state index contributed by atoms with van der Waals surface area (Å²) in [6.45, 7) is 0. The summed E-state index contributed by atoms with van der Waals surface area (Å²) in [5, 5.41) is 26.6. The van der Waals surface area contributed by atoms with Gasteiger partial charge in [0.1, 0.15) is 5.82 Å². The number of phenols is 2. The molecule has 38 heavy (non-hydrogen) atoms. The number of aromatic hydroxyl groups is 2. The number of hydrogen-bond donors (Lipinski definition) is 3. The highest BCUT2D eigenvalue weighted by Gasteiger charge is 2.14. The van der Waals surface area contributed by atoms with Crippen molar-refractivity contribution in [3.63, 3.8) is 0 Å². The molecule has 0 aliphatic heterocycles. The number of carbonyl (C=O) groups is 1. The van der Waals surface area contributed by atoms with Crippen molar-refractivity contribution in [2.24, 2.45) is 0 Å². The standard InChI is InChI=1S/C28H23ClFN3O5/c1-37-26-13-17(5-11-24(26)34)3-7-20-15-21(9-4-18-6-12-25(35)27(14-18)38-2)33(32-20)28(36)31-19-8-10-23(30)22(29)16-19/h3-16,34-35H,1-2H3,(H,31,36)/b7-3+,9-4+. The highest BCUT2D eigenvalue weighted by molar-refractivity contribution is 6.31. The minimum Gasteiger partial charge on any atom is -0.504 e. The molecule has 0 fully saturated rings. The molecule has 0 atom stereocenters. The second kappa shape index (κ2) is 11.5. The molecule has 4 rings (SSSR count). The summed E-state index contributed by atoms with van der Waals surface area (Å²) >= 11 is 5.84. The Morgan fingerprint density at radius 2 is 1.50 bits per heavy atom. The molecule has 0 spiro atoms. The summed E-state index contributed by atoms with van der Waals surface area (Å²) < 4.78 is 25.0. The van der Waals surface area contributed by atoms with Crippen molar-refractivity contribution < 1.29 is 28.9 Å². The Balaban J connectivity index is 1.67. The van der Waals surface area contributed by atoms with Gasteiger partial charge in [-0.3, -0.25) is 0 Å². The summed E-state index contributed by atoms with van der Waals surface area (Å²) in [7, 11) is 2.91. The van der Waals surface area contributed by atoms with E-state index in [4.69, 9.17) is 21.1 Å². The second-order valence-corrected chi connectivity index (χ2v) is 8.40. The molecule has 0 aliphatic rings. The van der Waals surface area contributed by atoms with Crippen LogP contribution in [0.4, 0.5) is 14.9 Å². The lowest BCUT2D eigenvalue weighted by Gasteiger charge is -2.07. The number of nitrogens with one attached hydrogen (secondary N) is 1. The maximum atomic E-state index is 13.5. The van der Waals surface area contributed by atoms with Gasteiger partial charge in [-0.15, -0.1) is 0 Å². The Morgan fingerprint density at radius 3 is 2.08 bits per heavy atom. The Labute approximate surface area is 222 Å². The van der Waals surface area contributed by atoms with Gasteiger partial charge in [0.2, 0.25) is 0 Å². The van der Waals surface area contributed by atoms with Crippen LogP contribution in [-0.4, -0.2) is 40.2 Å². The maximum absolute atomic E-state index is 13.5. The van der Waals surface area contributed by atoms with Crippen LogP contribution in [0.5, 0.6) is 23.0 Å². The number of benzene rings is 3. The van der Waals surface area contributed by atoms with Crippen LogP contribution < -0.4 is 14.8 Å². The summed E-state index contributed by atoms with van der Waals surface area (Å²) in [4.78, 5) is 13.1. The fourth-order valence-corrected chi connectivity index (χ4v) is 3.67. The number of anilines is 1. The highest BCUT2D eigenvalue weighted by Crippen LogP contribution is 2.28. The lowest BCUT2D eigenvalue weighted by Crippen LogP contribution is -2.22. The summed E-state index contributed by atoms with van der Waals surface area (Å²) in [6, 6.07) is 14.7. The summed E-state index contributed by atoms with van der Waals surface area (Å²) in [6.07, 6.45) is 6.86. The van der Waals surface area contributed by atoms with E-state index in [1.165, 1.54) is 38.5 Å². The monoisotopic (exact) mass is 535 g/mol. The van der Waals surface area contributed by atoms with Gasteiger partial charge < -0.3 is 25.0 Å². The SMILES string of the molecule is COc1cc(/C=C/c2cc(/C=C/c3ccc(O)c(OC)c3)n(C(=O)Nc3ccc(F)c(Cl)c3)n2)ccc1O. The minimum absolute atomic E-state index is 0.00492. The Kier molecular flexibility index (Phi) is 7.98. The van der Waals surface area contributed by atoms with Crippen LogP contribution in [0.15, 0.2) is 60.7 Å². The molecule has 0 aliphatic carbocycles. The van der Waals surface area contributed by atoms with E-state index in [1.807, 2.05) is 0 Å². The molecular weight excluding hydrogens is 513 g/mol. The highest BCUT2D eigenvalue weighted by atomic mass is 35.5. The van der Waals surface area contributed by atoms with Gasteiger partial charge in [0, 0.05) is 5.69 Å². The number of carbonyl (C=O) groups excluding carboxylic acids is 1. The molecule has 3 aromatic carbocycles. The zero-order valence-corrected chi connectivity index (χ0v) is 21.1. The smallest absolute Gasteiger partial charge is 0.347 e. The summed E-state index contributed by atoms with van der Waals surface area (Å²) in [5.41, 5.74) is 2.65. The third-order valence-electron chi connectivity index (χ3n) is 5.42. The molecular formula is C28H23ClFN3O5. The lowest BCUT2D eigenvalue weighted by molar-refractivity contribution is 0.250. The van der Waals surface area contributed by atoms with Crippen LogP contribution in [0, 0.1) is 5.82 Å². The van der Waals surface area contributed by atoms with E-state index in [2.05, 4.69) is 10.4 Å². The molecule has 10 heteroatoms. The average molecular weight is 536 g/mol. The number of halogens is 2. The lowest BCUT2D eigenvalue weighted by atomic mass is 10.1. The fourth-order valence-electron chi connectivity index (χ4n) is 3.49. The van der Waals surface area contributed by atoms with Gasteiger partial charge >= 0.3 is 6.03 Å². The zero-order chi connectivity index (χ0) is 27.2. The topological polar surface area (TPSA) is 106 Å². The Hall–Kier alpha value is -4.76. The van der Waals surface area contributed by atoms with E-state index < -0.39 is 11.8 Å². The first kappa shape index (κ1) is 26.3. The Morgan fingerprint density at radius 1 is 0.895 bits per heavy atom. The maximum Gasteiger partial charge on any atom is 0.347 e. The number of hydrogen-bond acceptors (Lipinski definition) is 6. The van der Waals surface area contributed by atoms with Crippen LogP contribution in [-0.2, 0) is 0 Å². The molecule has 3 N–H and O–H groups in total. The van der Waals surface area contributed by atoms with Gasteiger partial charge in [-0.25, -0.2) is 9.18 Å². The van der Waals surface area contributed by atoms with Crippen LogP contribution in [0.2, 0.25) is 5.02 Å². The van der Waals surface area contributed by atoms with Crippen LogP contribution in [0.3, 0.4) is 0 Å². The van der Waals surface area contributed by atoms with E-state index in [9.17, 15) is 19.4 Å². The molecule has 8 nitrogen and oxygen atoms in total. The molecule has 0 radical (unpaired) electrons. The third-order valence-corrected chi connectivity index (χ3v) is 5.71. The van der Waals surface area contributed by atoms with Crippen molar-refractivity contribution in [3.05, 3.63) is 94.0 Å². The van der Waals surface area contributed by atoms with Crippen molar-refractivity contribution in [3.8, 4) is 23.0 Å². The number of nitrogens with zero attached hydrogens (tertiary/aromatic N) is 2. The fraction of sp³-hybridized carbons (Fsp3) is 0.0714. The molecule has 4 aromatic rings. The van der Waals surface area contributed by atoms with Gasteiger partial charge in [-0.05, 0) is 71.8 Å². The molecule has 0 bridgehead atoms. The van der Waals surface area contributed by atoms with Gasteiger partial charge in [-0.1, -0.05) is 35.9 Å². The van der Waals surface area contributed by atoms with Crippen LogP contribution >= 0.6 is 11.6 Å². The molecule has 1 amide bonds. The van der Waals surface area contributed by atoms with Gasteiger partial charge in [0.05, 0.1) is 30.6 Å². The van der Waals surface area contributed by atoms with Crippen molar-refractivity contribution in [2.75, 3.05) is 19.5 Å². The molecule has 1 aromatic heterocycles. The van der Waals surface area contributed by atoms with E-state index in [1.54, 1.807) is 54.6 Å². The number of phenolic OH excluding ortho intramolecular Hbond substituents is 2. The first-order valence-corrected chi connectivity index (χ1v) is 11.6. The number of rotatable bonds is 7. The number of methoxy groups -OCH3 is 2. The van der Waals surface area contributed by atoms with Crippen molar-refractivity contribution >= 4 is 47.6 Å². The molecule has 0 saturated heterocycles. The third kappa shape index (κ3) is 6.13. The van der Waals surface area contributed by atoms with E-state index >= 15 is 0 Å². The predicted octanol–water partition coefficient (Wildman–Crippen LogP) is 6.53. The van der Waals surface area contributed by atoms with Gasteiger partial charge in [0.15, 0.2) is 23.0 Å². The molecule has 0 saturated carbocycles. The largest absolute Gasteiger partial charge is 0.504 e. The average Bonchev–Trinajstić information content (AvgIpc) is 3.33. The zero-order valence-electron chi connectivity index (χ0n) is 20.4. The summed E-state index contributed by atoms with van der Waals surface area (Å²) in [5.74, 6) is 0.0487. The second-order valence-electron chi connectivity index (χ2n) is 7.99. The quantitative estimate of drug-likeness (QED) is 0.248. The first-order chi connectivity index (χ1) is 18.3. The van der Waals surface area contributed by atoms with Crippen molar-refractivity contribution in [1.29, 1.82) is 0 Å². The molecule has 194 valence electrons.